The van der Waals surface area contributed by atoms with Crippen LogP contribution in [0.15, 0.2) is 24.3 Å². The molecule has 7 heteroatoms. The first kappa shape index (κ1) is 15.9. The number of aromatic nitrogens is 2. The Morgan fingerprint density at radius 3 is 3.09 bits per heavy atom. The second kappa shape index (κ2) is 7.06. The summed E-state index contributed by atoms with van der Waals surface area (Å²) in [5.74, 6) is 0.811. The van der Waals surface area contributed by atoms with Gasteiger partial charge in [0.05, 0.1) is 18.8 Å². The van der Waals surface area contributed by atoms with E-state index in [9.17, 15) is 4.79 Å². The van der Waals surface area contributed by atoms with Crippen molar-refractivity contribution in [1.29, 1.82) is 0 Å². The van der Waals surface area contributed by atoms with E-state index in [1.165, 1.54) is 11.5 Å². The number of nitrogens with zero attached hydrogens (tertiary/aromatic N) is 3. The van der Waals surface area contributed by atoms with Gasteiger partial charge in [-0.1, -0.05) is 29.6 Å². The summed E-state index contributed by atoms with van der Waals surface area (Å²) in [7, 11) is 1.66. The van der Waals surface area contributed by atoms with Crippen molar-refractivity contribution in [3.63, 3.8) is 0 Å². The van der Waals surface area contributed by atoms with Gasteiger partial charge in [0.25, 0.3) is 5.91 Å². The van der Waals surface area contributed by atoms with Crippen molar-refractivity contribution in [2.24, 2.45) is 0 Å². The minimum atomic E-state index is -0.0563. The molecule has 1 fully saturated rings. The summed E-state index contributed by atoms with van der Waals surface area (Å²) in [6.07, 6.45) is 0.711. The van der Waals surface area contributed by atoms with Crippen molar-refractivity contribution in [1.82, 2.24) is 19.8 Å². The van der Waals surface area contributed by atoms with E-state index in [4.69, 9.17) is 4.74 Å². The maximum atomic E-state index is 13.0. The molecule has 122 valence electrons. The number of para-hydroxylation sites is 1. The fourth-order valence-electron chi connectivity index (χ4n) is 2.90. The quantitative estimate of drug-likeness (QED) is 0.926. The first-order valence-electron chi connectivity index (χ1n) is 7.72. The smallest absolute Gasteiger partial charge is 0.268 e. The number of methoxy groups -OCH3 is 1. The summed E-state index contributed by atoms with van der Waals surface area (Å²) < 4.78 is 9.42. The number of amides is 1. The van der Waals surface area contributed by atoms with Crippen LogP contribution in [-0.2, 0) is 6.42 Å². The molecule has 23 heavy (non-hydrogen) atoms. The third-order valence-corrected chi connectivity index (χ3v) is 4.84. The molecule has 0 bridgehead atoms. The highest BCUT2D eigenvalue weighted by atomic mass is 32.1. The third kappa shape index (κ3) is 3.07. The molecule has 0 radical (unpaired) electrons. The van der Waals surface area contributed by atoms with E-state index < -0.39 is 0 Å². The van der Waals surface area contributed by atoms with Crippen LogP contribution in [0.5, 0.6) is 5.75 Å². The second-order valence-corrected chi connectivity index (χ2v) is 6.12. The molecule has 1 aromatic heterocycles. The predicted octanol–water partition coefficient (Wildman–Crippen LogP) is 1.90. The van der Waals surface area contributed by atoms with Gasteiger partial charge < -0.3 is 15.0 Å². The maximum Gasteiger partial charge on any atom is 0.268 e. The van der Waals surface area contributed by atoms with Crippen LogP contribution in [-0.4, -0.2) is 47.1 Å². The third-order valence-electron chi connectivity index (χ3n) is 4.09. The Hall–Kier alpha value is -1.99. The molecule has 0 saturated carbocycles. The highest BCUT2D eigenvalue weighted by molar-refractivity contribution is 7.08. The Labute approximate surface area is 139 Å². The lowest BCUT2D eigenvalue weighted by Gasteiger charge is -2.36. The Bertz CT molecular complexity index is 688. The van der Waals surface area contributed by atoms with Gasteiger partial charge in [-0.25, -0.2) is 0 Å². The van der Waals surface area contributed by atoms with Gasteiger partial charge in [0, 0.05) is 25.2 Å². The molecule has 0 aliphatic carbocycles. The minimum Gasteiger partial charge on any atom is -0.496 e. The topological polar surface area (TPSA) is 67.4 Å². The van der Waals surface area contributed by atoms with Crippen molar-refractivity contribution < 1.29 is 9.53 Å². The van der Waals surface area contributed by atoms with Crippen LogP contribution in [0.1, 0.15) is 33.9 Å². The van der Waals surface area contributed by atoms with E-state index in [0.717, 1.165) is 23.6 Å². The monoisotopic (exact) mass is 332 g/mol. The molecule has 1 atom stereocenters. The highest BCUT2D eigenvalue weighted by Crippen LogP contribution is 2.31. The minimum absolute atomic E-state index is 0.00857. The van der Waals surface area contributed by atoms with Gasteiger partial charge in [-0.15, -0.1) is 5.10 Å². The zero-order valence-electron chi connectivity index (χ0n) is 13.3. The van der Waals surface area contributed by atoms with E-state index in [-0.39, 0.29) is 11.9 Å². The molecular weight excluding hydrogens is 312 g/mol. The first-order valence-corrected chi connectivity index (χ1v) is 8.49. The zero-order valence-corrected chi connectivity index (χ0v) is 14.1. The molecule has 1 aliphatic rings. The van der Waals surface area contributed by atoms with E-state index in [1.807, 2.05) is 36.1 Å². The second-order valence-electron chi connectivity index (χ2n) is 5.36. The van der Waals surface area contributed by atoms with Crippen LogP contribution in [0.25, 0.3) is 0 Å². The summed E-state index contributed by atoms with van der Waals surface area (Å²) in [6, 6.07) is 7.80. The number of ether oxygens (including phenoxy) is 1. The molecule has 1 saturated heterocycles. The van der Waals surface area contributed by atoms with E-state index in [0.29, 0.717) is 24.4 Å². The number of hydrogen-bond acceptors (Lipinski definition) is 6. The van der Waals surface area contributed by atoms with Crippen molar-refractivity contribution in [2.45, 2.75) is 19.4 Å². The molecular formula is C16H20N4O2S. The molecule has 1 aromatic carbocycles. The van der Waals surface area contributed by atoms with Gasteiger partial charge in [0.2, 0.25) is 0 Å². The van der Waals surface area contributed by atoms with Gasteiger partial charge in [0.1, 0.15) is 10.6 Å². The molecule has 6 nitrogen and oxygen atoms in total. The highest BCUT2D eigenvalue weighted by Gasteiger charge is 2.32. The number of rotatable bonds is 4. The van der Waals surface area contributed by atoms with Crippen LogP contribution in [0.4, 0.5) is 0 Å². The van der Waals surface area contributed by atoms with Gasteiger partial charge in [-0.3, -0.25) is 4.79 Å². The zero-order chi connectivity index (χ0) is 16.2. The van der Waals surface area contributed by atoms with Crippen molar-refractivity contribution in [3.8, 4) is 5.75 Å². The van der Waals surface area contributed by atoms with E-state index in [1.54, 1.807) is 7.11 Å². The maximum absolute atomic E-state index is 13.0. The van der Waals surface area contributed by atoms with Gasteiger partial charge in [-0.05, 0) is 24.0 Å². The summed E-state index contributed by atoms with van der Waals surface area (Å²) >= 11 is 1.18. The lowest BCUT2D eigenvalue weighted by Crippen LogP contribution is -2.48. The standard InChI is InChI=1S/C16H20N4O2S/c1-3-12-15(23-19-18-12)16(21)20-9-8-17-10-13(20)11-6-4-5-7-14(11)22-2/h4-7,13,17H,3,8-10H2,1-2H3. The normalized spacial score (nSPS) is 18.0. The van der Waals surface area contributed by atoms with Crippen molar-refractivity contribution in [3.05, 3.63) is 40.4 Å². The molecule has 0 spiro atoms. The van der Waals surface area contributed by atoms with E-state index in [2.05, 4.69) is 14.9 Å². The number of aryl methyl sites for hydroxylation is 1. The Morgan fingerprint density at radius 1 is 1.48 bits per heavy atom. The number of hydrogen-bond donors (Lipinski definition) is 1. The molecule has 1 unspecified atom stereocenters. The Morgan fingerprint density at radius 2 is 2.30 bits per heavy atom. The lowest BCUT2D eigenvalue weighted by molar-refractivity contribution is 0.0635. The number of piperazine rings is 1. The SMILES string of the molecule is CCc1nnsc1C(=O)N1CCNCC1c1ccccc1OC. The molecule has 1 N–H and O–H groups in total. The first-order chi connectivity index (χ1) is 11.3. The van der Waals surface area contributed by atoms with E-state index >= 15 is 0 Å². The summed E-state index contributed by atoms with van der Waals surface area (Å²) in [5, 5.41) is 7.43. The molecule has 2 heterocycles. The fourth-order valence-corrected chi connectivity index (χ4v) is 3.61. The summed E-state index contributed by atoms with van der Waals surface area (Å²) in [6.45, 7) is 4.14. The van der Waals surface area contributed by atoms with Gasteiger partial charge >= 0.3 is 0 Å². The lowest BCUT2D eigenvalue weighted by atomic mass is 10.0. The molecule has 3 rings (SSSR count). The van der Waals surface area contributed by atoms with Crippen LogP contribution in [0.3, 0.4) is 0 Å². The number of carbonyl (C=O) groups is 1. The number of benzene rings is 1. The van der Waals surface area contributed by atoms with Crippen molar-refractivity contribution in [2.75, 3.05) is 26.7 Å². The molecule has 2 aromatic rings. The van der Waals surface area contributed by atoms with Gasteiger partial charge in [0.15, 0.2) is 0 Å². The van der Waals surface area contributed by atoms with Crippen molar-refractivity contribution >= 4 is 17.4 Å². The summed E-state index contributed by atoms with van der Waals surface area (Å²) in [4.78, 5) is 15.6. The average molecular weight is 332 g/mol. The van der Waals surface area contributed by atoms with Crippen LogP contribution in [0, 0.1) is 0 Å². The van der Waals surface area contributed by atoms with Gasteiger partial charge in [-0.2, -0.15) is 0 Å². The fraction of sp³-hybridized carbons (Fsp3) is 0.438. The van der Waals surface area contributed by atoms with Crippen LogP contribution >= 0.6 is 11.5 Å². The summed E-state index contributed by atoms with van der Waals surface area (Å²) in [5.41, 5.74) is 1.79. The van der Waals surface area contributed by atoms with Crippen LogP contribution in [0.2, 0.25) is 0 Å². The Kier molecular flexibility index (Phi) is 4.88. The number of nitrogens with one attached hydrogen (secondary N) is 1. The molecule has 1 aliphatic heterocycles. The largest absolute Gasteiger partial charge is 0.496 e. The Balaban J connectivity index is 1.94. The van der Waals surface area contributed by atoms with Crippen LogP contribution < -0.4 is 10.1 Å². The predicted molar refractivity (Wildman–Crippen MR) is 88.9 cm³/mol. The number of carbonyl (C=O) groups excluding carboxylic acids is 1. The average Bonchev–Trinajstić information content (AvgIpc) is 3.09. The molecule has 1 amide bonds.